The Morgan fingerprint density at radius 1 is 1.38 bits per heavy atom. The van der Waals surface area contributed by atoms with E-state index >= 15 is 0 Å². The Bertz CT molecular complexity index is 362. The Labute approximate surface area is 96.3 Å². The summed E-state index contributed by atoms with van der Waals surface area (Å²) in [6, 6.07) is 0. The third kappa shape index (κ3) is 1.88. The second kappa shape index (κ2) is 3.94. The molecule has 16 heavy (non-hydrogen) atoms. The predicted octanol–water partition coefficient (Wildman–Crippen LogP) is -1.14. The number of nitrogens with one attached hydrogen (secondary N) is 1. The van der Waals surface area contributed by atoms with Gasteiger partial charge >= 0.3 is 0 Å². The highest BCUT2D eigenvalue weighted by atomic mass is 32.2. The van der Waals surface area contributed by atoms with E-state index in [2.05, 4.69) is 5.32 Å². The third-order valence-corrected chi connectivity index (χ3v) is 5.95. The lowest BCUT2D eigenvalue weighted by Gasteiger charge is -2.46. The van der Waals surface area contributed by atoms with Crippen LogP contribution in [0.25, 0.3) is 0 Å². The molecule has 2 atom stereocenters. The summed E-state index contributed by atoms with van der Waals surface area (Å²) in [5.41, 5.74) is 4.16. The van der Waals surface area contributed by atoms with Crippen LogP contribution < -0.4 is 11.1 Å². The summed E-state index contributed by atoms with van der Waals surface area (Å²) in [4.78, 5) is 0. The summed E-state index contributed by atoms with van der Waals surface area (Å²) >= 11 is 0. The molecule has 2 fully saturated rings. The van der Waals surface area contributed by atoms with Crippen molar-refractivity contribution in [3.05, 3.63) is 0 Å². The van der Waals surface area contributed by atoms with Crippen molar-refractivity contribution < 1.29 is 13.5 Å². The minimum Gasteiger partial charge on any atom is -0.388 e. The zero-order chi connectivity index (χ0) is 11.9. The molecule has 4 N–H and O–H groups in total. The topological polar surface area (TPSA) is 92.4 Å². The number of hydrogen-bond donors (Lipinski definition) is 3. The van der Waals surface area contributed by atoms with Gasteiger partial charge in [0.15, 0.2) is 9.84 Å². The largest absolute Gasteiger partial charge is 0.388 e. The highest BCUT2D eigenvalue weighted by Crippen LogP contribution is 2.44. The van der Waals surface area contributed by atoms with Crippen molar-refractivity contribution in [2.75, 3.05) is 31.1 Å². The van der Waals surface area contributed by atoms with Crippen LogP contribution in [0.3, 0.4) is 0 Å². The molecule has 2 aliphatic heterocycles. The molecule has 0 bridgehead atoms. The van der Waals surface area contributed by atoms with Crippen LogP contribution in [0, 0.1) is 5.41 Å². The lowest BCUT2D eigenvalue weighted by Crippen LogP contribution is -2.60. The first-order chi connectivity index (χ1) is 7.43. The molecule has 94 valence electrons. The van der Waals surface area contributed by atoms with Gasteiger partial charge in [0.25, 0.3) is 0 Å². The van der Waals surface area contributed by atoms with Crippen LogP contribution in [0.15, 0.2) is 0 Å². The Morgan fingerprint density at radius 2 is 2.12 bits per heavy atom. The second-order valence-electron chi connectivity index (χ2n) is 5.14. The van der Waals surface area contributed by atoms with E-state index in [9.17, 15) is 13.5 Å². The lowest BCUT2D eigenvalue weighted by atomic mass is 9.68. The van der Waals surface area contributed by atoms with Crippen LogP contribution in [0.5, 0.6) is 0 Å². The van der Waals surface area contributed by atoms with Gasteiger partial charge in [-0.05, 0) is 25.8 Å². The number of piperidine rings is 1. The van der Waals surface area contributed by atoms with Gasteiger partial charge in [-0.15, -0.1) is 0 Å². The summed E-state index contributed by atoms with van der Waals surface area (Å²) in [6.45, 7) is 1.58. The molecule has 0 aromatic heterocycles. The lowest BCUT2D eigenvalue weighted by molar-refractivity contribution is -0.0830. The van der Waals surface area contributed by atoms with E-state index in [4.69, 9.17) is 5.73 Å². The maximum atomic E-state index is 11.6. The van der Waals surface area contributed by atoms with E-state index in [0.717, 1.165) is 13.0 Å². The summed E-state index contributed by atoms with van der Waals surface area (Å²) in [7, 11) is -3.02. The zero-order valence-corrected chi connectivity index (χ0v) is 10.2. The molecule has 0 saturated carbocycles. The number of nitrogens with two attached hydrogens (primary N) is 1. The molecular weight excluding hydrogens is 228 g/mol. The fourth-order valence-electron chi connectivity index (χ4n) is 2.98. The number of aliphatic hydroxyl groups is 1. The number of sulfone groups is 1. The van der Waals surface area contributed by atoms with Gasteiger partial charge in [-0.2, -0.15) is 0 Å². The van der Waals surface area contributed by atoms with Crippen molar-refractivity contribution in [3.63, 3.8) is 0 Å². The van der Waals surface area contributed by atoms with Crippen LogP contribution in [-0.2, 0) is 9.84 Å². The van der Waals surface area contributed by atoms with Crippen LogP contribution in [-0.4, -0.2) is 50.3 Å². The standard InChI is InChI=1S/C10H20N2O3S/c11-6-9(3-5-16(14,15)8-9)10(13)2-1-4-12-7-10/h12-13H,1-8,11H2. The summed E-state index contributed by atoms with van der Waals surface area (Å²) in [5, 5.41) is 13.8. The van der Waals surface area contributed by atoms with Gasteiger partial charge < -0.3 is 16.2 Å². The highest BCUT2D eigenvalue weighted by molar-refractivity contribution is 7.91. The number of rotatable bonds is 2. The van der Waals surface area contributed by atoms with Gasteiger partial charge in [0.05, 0.1) is 17.1 Å². The second-order valence-corrected chi connectivity index (χ2v) is 7.32. The highest BCUT2D eigenvalue weighted by Gasteiger charge is 2.55. The average Bonchev–Trinajstić information content (AvgIpc) is 2.57. The van der Waals surface area contributed by atoms with E-state index in [1.54, 1.807) is 0 Å². The molecule has 0 aromatic rings. The van der Waals surface area contributed by atoms with Crippen LogP contribution in [0.1, 0.15) is 19.3 Å². The Morgan fingerprint density at radius 3 is 2.56 bits per heavy atom. The Kier molecular flexibility index (Phi) is 3.03. The molecule has 0 aromatic carbocycles. The molecular formula is C10H20N2O3S. The number of β-amino-alcohol motifs (C(OH)–C–C–N with tert-alkyl or cyclic N) is 1. The minimum absolute atomic E-state index is 0.0364. The van der Waals surface area contributed by atoms with E-state index in [1.165, 1.54) is 0 Å². The van der Waals surface area contributed by atoms with Crippen LogP contribution in [0.4, 0.5) is 0 Å². The first-order valence-electron chi connectivity index (χ1n) is 5.77. The van der Waals surface area contributed by atoms with Gasteiger partial charge in [0.1, 0.15) is 0 Å². The van der Waals surface area contributed by atoms with Crippen molar-refractivity contribution in [2.24, 2.45) is 11.1 Å². The quantitative estimate of drug-likeness (QED) is 0.575. The maximum Gasteiger partial charge on any atom is 0.151 e. The Hall–Kier alpha value is -0.170. The summed E-state index contributed by atoms with van der Waals surface area (Å²) < 4.78 is 23.2. The van der Waals surface area contributed by atoms with Crippen LogP contribution >= 0.6 is 0 Å². The molecule has 2 saturated heterocycles. The third-order valence-electron chi connectivity index (χ3n) is 4.13. The van der Waals surface area contributed by atoms with Gasteiger partial charge in [-0.1, -0.05) is 0 Å². The summed E-state index contributed by atoms with van der Waals surface area (Å²) in [5.74, 6) is 0.196. The zero-order valence-electron chi connectivity index (χ0n) is 9.41. The maximum absolute atomic E-state index is 11.6. The SMILES string of the molecule is NCC1(C2(O)CCCNC2)CCS(=O)(=O)C1. The number of hydrogen-bond acceptors (Lipinski definition) is 5. The van der Waals surface area contributed by atoms with Gasteiger partial charge in [0.2, 0.25) is 0 Å². The molecule has 2 unspecified atom stereocenters. The van der Waals surface area contributed by atoms with Crippen molar-refractivity contribution in [1.29, 1.82) is 0 Å². The van der Waals surface area contributed by atoms with E-state index in [0.29, 0.717) is 19.4 Å². The predicted molar refractivity (Wildman–Crippen MR) is 61.8 cm³/mol. The minimum atomic E-state index is -3.02. The van der Waals surface area contributed by atoms with E-state index < -0.39 is 20.9 Å². The molecule has 0 spiro atoms. The molecule has 0 radical (unpaired) electrons. The average molecular weight is 248 g/mol. The van der Waals surface area contributed by atoms with Crippen molar-refractivity contribution in [1.82, 2.24) is 5.32 Å². The fourth-order valence-corrected chi connectivity index (χ4v) is 5.20. The summed E-state index contributed by atoms with van der Waals surface area (Å²) in [6.07, 6.45) is 2.01. The van der Waals surface area contributed by atoms with Crippen molar-refractivity contribution >= 4 is 9.84 Å². The first-order valence-corrected chi connectivity index (χ1v) is 7.59. The smallest absolute Gasteiger partial charge is 0.151 e. The molecule has 2 rings (SSSR count). The van der Waals surface area contributed by atoms with Gasteiger partial charge in [0, 0.05) is 18.5 Å². The van der Waals surface area contributed by atoms with Gasteiger partial charge in [-0.3, -0.25) is 0 Å². The monoisotopic (exact) mass is 248 g/mol. The van der Waals surface area contributed by atoms with Crippen LogP contribution in [0.2, 0.25) is 0 Å². The van der Waals surface area contributed by atoms with Crippen molar-refractivity contribution in [3.8, 4) is 0 Å². The molecule has 0 aliphatic carbocycles. The molecule has 2 heterocycles. The Balaban J connectivity index is 2.28. The molecule has 2 aliphatic rings. The first kappa shape index (κ1) is 12.3. The van der Waals surface area contributed by atoms with Crippen molar-refractivity contribution in [2.45, 2.75) is 24.9 Å². The molecule has 5 nitrogen and oxygen atoms in total. The molecule has 0 amide bonds. The van der Waals surface area contributed by atoms with E-state index in [1.807, 2.05) is 0 Å². The normalized spacial score (nSPS) is 43.4. The fraction of sp³-hybridized carbons (Fsp3) is 1.00. The molecule has 6 heteroatoms. The van der Waals surface area contributed by atoms with Gasteiger partial charge in [-0.25, -0.2) is 8.42 Å². The van der Waals surface area contributed by atoms with E-state index in [-0.39, 0.29) is 18.1 Å².